The summed E-state index contributed by atoms with van der Waals surface area (Å²) in [5.74, 6) is 0.111. The van der Waals surface area contributed by atoms with Gasteiger partial charge in [-0.2, -0.15) is 0 Å². The number of anilines is 1. The Labute approximate surface area is 144 Å². The summed E-state index contributed by atoms with van der Waals surface area (Å²) >= 11 is 1.39. The monoisotopic (exact) mass is 342 g/mol. The number of ketones is 1. The Morgan fingerprint density at radius 2 is 2.21 bits per heavy atom. The van der Waals surface area contributed by atoms with Crippen molar-refractivity contribution in [2.45, 2.75) is 26.7 Å². The lowest BCUT2D eigenvalue weighted by atomic mass is 9.86. The van der Waals surface area contributed by atoms with E-state index in [0.29, 0.717) is 41.3 Å². The molecule has 0 fully saturated rings. The first-order valence-corrected chi connectivity index (χ1v) is 8.68. The maximum Gasteiger partial charge on any atom is 0.225 e. The Bertz CT molecular complexity index is 839. The molecule has 1 heterocycles. The Morgan fingerprint density at radius 1 is 1.42 bits per heavy atom. The van der Waals surface area contributed by atoms with E-state index in [1.54, 1.807) is 23.1 Å². The summed E-state index contributed by atoms with van der Waals surface area (Å²) in [7, 11) is 0. The Kier molecular flexibility index (Phi) is 4.49. The number of carbonyl (C=O) groups excluding carboxylic acids is 2. The fourth-order valence-electron chi connectivity index (χ4n) is 2.84. The molecule has 2 aromatic rings. The summed E-state index contributed by atoms with van der Waals surface area (Å²) in [6.07, 6.45) is 3.13. The Balaban J connectivity index is 1.88. The normalized spacial score (nSPS) is 15.4. The SMILES string of the molecule is CCN(C(C)=O)c1nc(C=C2CCc3cc(O)ccc3C2=O)cs1. The average molecular weight is 342 g/mol. The van der Waals surface area contributed by atoms with Crippen molar-refractivity contribution in [2.24, 2.45) is 0 Å². The lowest BCUT2D eigenvalue weighted by Crippen LogP contribution is -2.27. The quantitative estimate of drug-likeness (QED) is 0.868. The van der Waals surface area contributed by atoms with Crippen molar-refractivity contribution in [1.82, 2.24) is 4.98 Å². The molecule has 0 aliphatic heterocycles. The van der Waals surface area contributed by atoms with Crippen LogP contribution in [0.25, 0.3) is 6.08 Å². The Morgan fingerprint density at radius 3 is 2.92 bits per heavy atom. The van der Waals surface area contributed by atoms with Crippen molar-refractivity contribution >= 4 is 34.2 Å². The van der Waals surface area contributed by atoms with E-state index in [4.69, 9.17) is 0 Å². The van der Waals surface area contributed by atoms with E-state index in [0.717, 1.165) is 5.56 Å². The standard InChI is InChI=1S/C18H18N2O3S/c1-3-20(11(2)21)18-19-14(10-24-18)8-13-5-4-12-9-15(22)6-7-16(12)17(13)23/h6-10,22H,3-5H2,1-2H3. The molecule has 1 aliphatic carbocycles. The summed E-state index contributed by atoms with van der Waals surface area (Å²) in [6, 6.07) is 4.85. The number of fused-ring (bicyclic) bond motifs is 1. The Hall–Kier alpha value is -2.47. The van der Waals surface area contributed by atoms with Crippen molar-refractivity contribution in [3.63, 3.8) is 0 Å². The van der Waals surface area contributed by atoms with E-state index in [1.165, 1.54) is 24.3 Å². The van der Waals surface area contributed by atoms with E-state index < -0.39 is 0 Å². The predicted molar refractivity (Wildman–Crippen MR) is 94.6 cm³/mol. The lowest BCUT2D eigenvalue weighted by molar-refractivity contribution is -0.116. The number of allylic oxidation sites excluding steroid dienone is 1. The average Bonchev–Trinajstić information content (AvgIpc) is 2.98. The topological polar surface area (TPSA) is 70.5 Å². The van der Waals surface area contributed by atoms with Crippen LogP contribution in [0.4, 0.5) is 5.13 Å². The van der Waals surface area contributed by atoms with Gasteiger partial charge >= 0.3 is 0 Å². The van der Waals surface area contributed by atoms with E-state index in [2.05, 4.69) is 4.98 Å². The molecule has 1 aliphatic rings. The number of hydrogen-bond donors (Lipinski definition) is 1. The van der Waals surface area contributed by atoms with Crippen LogP contribution in [0, 0.1) is 0 Å². The van der Waals surface area contributed by atoms with Crippen molar-refractivity contribution in [3.05, 3.63) is 46.0 Å². The van der Waals surface area contributed by atoms with E-state index in [-0.39, 0.29) is 17.4 Å². The molecule has 124 valence electrons. The zero-order valence-electron chi connectivity index (χ0n) is 13.6. The maximum absolute atomic E-state index is 12.6. The minimum Gasteiger partial charge on any atom is -0.508 e. The van der Waals surface area contributed by atoms with E-state index in [1.807, 2.05) is 12.3 Å². The molecule has 1 amide bonds. The molecule has 0 spiro atoms. The van der Waals surface area contributed by atoms with Crippen LogP contribution in [0.15, 0.2) is 29.2 Å². The van der Waals surface area contributed by atoms with Gasteiger partial charge in [-0.1, -0.05) is 0 Å². The van der Waals surface area contributed by atoms with Gasteiger partial charge in [0.2, 0.25) is 5.91 Å². The van der Waals surface area contributed by atoms with Gasteiger partial charge in [0.05, 0.1) is 5.69 Å². The minimum atomic E-state index is -0.0477. The first-order valence-electron chi connectivity index (χ1n) is 7.80. The molecular formula is C18H18N2O3S. The van der Waals surface area contributed by atoms with Gasteiger partial charge in [0.1, 0.15) is 5.75 Å². The highest BCUT2D eigenvalue weighted by Crippen LogP contribution is 2.30. The second-order valence-electron chi connectivity index (χ2n) is 5.66. The van der Waals surface area contributed by atoms with Crippen LogP contribution < -0.4 is 4.90 Å². The first kappa shape index (κ1) is 16.4. The fraction of sp³-hybridized carbons (Fsp3) is 0.278. The van der Waals surface area contributed by atoms with Crippen LogP contribution >= 0.6 is 11.3 Å². The molecule has 5 nitrogen and oxygen atoms in total. The fourth-order valence-corrected chi connectivity index (χ4v) is 3.73. The maximum atomic E-state index is 12.6. The van der Waals surface area contributed by atoms with Gasteiger partial charge in [-0.05, 0) is 49.6 Å². The summed E-state index contributed by atoms with van der Waals surface area (Å²) < 4.78 is 0. The number of aromatic hydroxyl groups is 1. The number of benzene rings is 1. The van der Waals surface area contributed by atoms with Gasteiger partial charge in [0.25, 0.3) is 0 Å². The number of thiazole rings is 1. The molecule has 0 radical (unpaired) electrons. The number of nitrogens with zero attached hydrogens (tertiary/aromatic N) is 2. The van der Waals surface area contributed by atoms with Crippen molar-refractivity contribution < 1.29 is 14.7 Å². The summed E-state index contributed by atoms with van der Waals surface area (Å²) in [5.41, 5.74) is 2.92. The second-order valence-corrected chi connectivity index (χ2v) is 6.49. The second kappa shape index (κ2) is 6.57. The van der Waals surface area contributed by atoms with Gasteiger partial charge in [0.15, 0.2) is 10.9 Å². The number of aryl methyl sites for hydroxylation is 1. The number of phenols is 1. The summed E-state index contributed by atoms with van der Waals surface area (Å²) in [5, 5.41) is 12.0. The van der Waals surface area contributed by atoms with E-state index in [9.17, 15) is 14.7 Å². The van der Waals surface area contributed by atoms with Gasteiger partial charge in [-0.15, -0.1) is 11.3 Å². The molecule has 0 saturated heterocycles. The largest absolute Gasteiger partial charge is 0.508 e. The molecule has 3 rings (SSSR count). The molecule has 0 bridgehead atoms. The van der Waals surface area contributed by atoms with Gasteiger partial charge in [0, 0.05) is 30.0 Å². The number of aromatic nitrogens is 1. The third-order valence-electron chi connectivity index (χ3n) is 4.05. The third kappa shape index (κ3) is 3.10. The van der Waals surface area contributed by atoms with Crippen molar-refractivity contribution in [1.29, 1.82) is 0 Å². The molecule has 0 unspecified atom stereocenters. The number of amides is 1. The highest BCUT2D eigenvalue weighted by atomic mass is 32.1. The molecule has 0 atom stereocenters. The highest BCUT2D eigenvalue weighted by Gasteiger charge is 2.22. The third-order valence-corrected chi connectivity index (χ3v) is 4.93. The number of hydrogen-bond acceptors (Lipinski definition) is 5. The lowest BCUT2D eigenvalue weighted by Gasteiger charge is -2.17. The molecule has 1 N–H and O–H groups in total. The van der Waals surface area contributed by atoms with Gasteiger partial charge in [-0.25, -0.2) is 4.98 Å². The minimum absolute atomic E-state index is 0.0234. The first-order chi connectivity index (χ1) is 11.5. The zero-order valence-corrected chi connectivity index (χ0v) is 14.4. The van der Waals surface area contributed by atoms with Gasteiger partial charge in [-0.3, -0.25) is 14.5 Å². The molecule has 0 saturated carbocycles. The van der Waals surface area contributed by atoms with Crippen LogP contribution in [0.2, 0.25) is 0 Å². The summed E-state index contributed by atoms with van der Waals surface area (Å²) in [6.45, 7) is 3.98. The number of Topliss-reactive ketones (excluding diaryl/α,β-unsaturated/α-hetero) is 1. The molecular weight excluding hydrogens is 324 g/mol. The number of phenolic OH excluding ortho intramolecular Hbond substituents is 1. The van der Waals surface area contributed by atoms with Crippen molar-refractivity contribution in [3.8, 4) is 5.75 Å². The summed E-state index contributed by atoms with van der Waals surface area (Å²) in [4.78, 5) is 30.3. The zero-order chi connectivity index (χ0) is 17.3. The van der Waals surface area contributed by atoms with Crippen LogP contribution in [0.1, 0.15) is 41.9 Å². The molecule has 1 aromatic heterocycles. The predicted octanol–water partition coefficient (Wildman–Crippen LogP) is 3.43. The van der Waals surface area contributed by atoms with Crippen molar-refractivity contribution in [2.75, 3.05) is 11.4 Å². The van der Waals surface area contributed by atoms with E-state index >= 15 is 0 Å². The van der Waals surface area contributed by atoms with Crippen LogP contribution in [0.5, 0.6) is 5.75 Å². The van der Waals surface area contributed by atoms with Crippen LogP contribution in [-0.2, 0) is 11.2 Å². The number of rotatable bonds is 3. The molecule has 1 aromatic carbocycles. The smallest absolute Gasteiger partial charge is 0.225 e. The van der Waals surface area contributed by atoms with Crippen LogP contribution in [-0.4, -0.2) is 28.3 Å². The van der Waals surface area contributed by atoms with Gasteiger partial charge < -0.3 is 5.11 Å². The number of carbonyl (C=O) groups is 2. The molecule has 24 heavy (non-hydrogen) atoms. The highest BCUT2D eigenvalue weighted by molar-refractivity contribution is 7.14. The van der Waals surface area contributed by atoms with Crippen LogP contribution in [0.3, 0.4) is 0 Å². The molecule has 6 heteroatoms.